The first kappa shape index (κ1) is 8.96. The molecule has 0 aromatic carbocycles. The van der Waals surface area contributed by atoms with E-state index in [4.69, 9.17) is 11.7 Å². The van der Waals surface area contributed by atoms with Gasteiger partial charge in [0.2, 0.25) is 0 Å². The lowest BCUT2D eigenvalue weighted by Gasteiger charge is -1.99. The van der Waals surface area contributed by atoms with E-state index in [1.807, 2.05) is 0 Å². The molecule has 0 unspecified atom stereocenters. The highest BCUT2D eigenvalue weighted by atomic mass is 16.5. The molecule has 0 atom stereocenters. The van der Waals surface area contributed by atoms with E-state index in [0.717, 1.165) is 26.1 Å². The second-order valence-corrected chi connectivity index (χ2v) is 2.11. The van der Waals surface area contributed by atoms with Crippen LogP contribution in [0.25, 0.3) is 0 Å². The van der Waals surface area contributed by atoms with Gasteiger partial charge in [0.05, 0.1) is 0 Å². The maximum Gasteiger partial charge on any atom is 0.0466 e. The molecule has 0 saturated heterocycles. The molecule has 0 saturated carbocycles. The van der Waals surface area contributed by atoms with Gasteiger partial charge < -0.3 is 4.74 Å². The normalized spacial score (nSPS) is 10.0. The Morgan fingerprint density at radius 1 is 1.22 bits per heavy atom. The second kappa shape index (κ2) is 7.96. The van der Waals surface area contributed by atoms with Gasteiger partial charge in [0.25, 0.3) is 0 Å². The van der Waals surface area contributed by atoms with Crippen LogP contribution in [-0.2, 0) is 4.74 Å². The summed E-state index contributed by atoms with van der Waals surface area (Å²) in [6.45, 7) is 9.15. The summed E-state index contributed by atoms with van der Waals surface area (Å²) in [4.78, 5) is 0. The molecule has 1 heteroatoms. The van der Waals surface area contributed by atoms with Crippen molar-refractivity contribution in [2.45, 2.75) is 32.6 Å². The van der Waals surface area contributed by atoms with Crippen molar-refractivity contribution in [2.75, 3.05) is 13.2 Å². The number of unbranched alkanes of at least 4 members (excludes halogenated alkanes) is 2. The van der Waals surface area contributed by atoms with Crippen molar-refractivity contribution < 1.29 is 4.74 Å². The highest BCUT2D eigenvalue weighted by Crippen LogP contribution is 1.91. The van der Waals surface area contributed by atoms with E-state index < -0.39 is 0 Å². The Bertz CT molecular complexity index is 37.8. The highest BCUT2D eigenvalue weighted by molar-refractivity contribution is 4.39. The minimum Gasteiger partial charge on any atom is -0.381 e. The molecule has 9 heavy (non-hydrogen) atoms. The van der Waals surface area contributed by atoms with Crippen molar-refractivity contribution in [3.63, 3.8) is 0 Å². The molecule has 0 spiro atoms. The zero-order valence-electron chi connectivity index (χ0n) is 6.23. The Hall–Kier alpha value is -0.0400. The van der Waals surface area contributed by atoms with Crippen molar-refractivity contribution in [1.82, 2.24) is 0 Å². The lowest BCUT2D eigenvalue weighted by atomic mass is 10.3. The molecule has 0 N–H and O–H groups in total. The van der Waals surface area contributed by atoms with E-state index in [0.29, 0.717) is 0 Å². The topological polar surface area (TPSA) is 9.23 Å². The van der Waals surface area contributed by atoms with Gasteiger partial charge in [-0.3, -0.25) is 0 Å². The predicted molar refractivity (Wildman–Crippen MR) is 39.3 cm³/mol. The van der Waals surface area contributed by atoms with Crippen LogP contribution in [-0.4, -0.2) is 13.2 Å². The standard InChI is InChI=1S/C8H16O/c1-3-5-7-9-8-6-4-2/h1H,3-8H2,2H3. The monoisotopic (exact) mass is 128 g/mol. The molecule has 54 valence electrons. The van der Waals surface area contributed by atoms with Crippen molar-refractivity contribution in [3.8, 4) is 0 Å². The molecule has 0 fully saturated rings. The van der Waals surface area contributed by atoms with Crippen molar-refractivity contribution in [1.29, 1.82) is 0 Å². The zero-order valence-corrected chi connectivity index (χ0v) is 6.23. The van der Waals surface area contributed by atoms with E-state index in [-0.39, 0.29) is 0 Å². The van der Waals surface area contributed by atoms with Gasteiger partial charge in [-0.2, -0.15) is 0 Å². The summed E-state index contributed by atoms with van der Waals surface area (Å²) in [5.74, 6) is 0. The minimum absolute atomic E-state index is 0.742. The predicted octanol–water partition coefficient (Wildman–Crippen LogP) is 2.29. The molecular formula is C8H16O. The fourth-order valence-electron chi connectivity index (χ4n) is 0.534. The van der Waals surface area contributed by atoms with Crippen LogP contribution in [0.15, 0.2) is 0 Å². The van der Waals surface area contributed by atoms with Crippen LogP contribution in [0.4, 0.5) is 0 Å². The van der Waals surface area contributed by atoms with Gasteiger partial charge in [-0.1, -0.05) is 13.3 Å². The average Bonchev–Trinajstić information content (AvgIpc) is 1.89. The van der Waals surface area contributed by atoms with E-state index in [1.54, 1.807) is 0 Å². The lowest BCUT2D eigenvalue weighted by molar-refractivity contribution is 0.129. The second-order valence-electron chi connectivity index (χ2n) is 2.11. The largest absolute Gasteiger partial charge is 0.381 e. The molecule has 2 radical (unpaired) electrons. The summed E-state index contributed by atoms with van der Waals surface area (Å²) in [5, 5.41) is 0. The number of ether oxygens (including phenoxy) is 1. The third kappa shape index (κ3) is 7.96. The molecule has 0 aliphatic carbocycles. The van der Waals surface area contributed by atoms with Gasteiger partial charge in [0.15, 0.2) is 0 Å². The lowest BCUT2D eigenvalue weighted by Crippen LogP contribution is -1.95. The van der Waals surface area contributed by atoms with Crippen LogP contribution < -0.4 is 0 Å². The third-order valence-electron chi connectivity index (χ3n) is 1.14. The minimum atomic E-state index is 0.742. The van der Waals surface area contributed by atoms with E-state index >= 15 is 0 Å². The quantitative estimate of drug-likeness (QED) is 0.499. The third-order valence-corrected chi connectivity index (χ3v) is 1.14. The Morgan fingerprint density at radius 2 is 1.89 bits per heavy atom. The fourth-order valence-corrected chi connectivity index (χ4v) is 0.534. The van der Waals surface area contributed by atoms with Crippen LogP contribution in [0.1, 0.15) is 32.6 Å². The van der Waals surface area contributed by atoms with Gasteiger partial charge in [0, 0.05) is 13.2 Å². The molecule has 0 bridgehead atoms. The molecular weight excluding hydrogens is 112 g/mol. The molecule has 1 nitrogen and oxygen atoms in total. The smallest absolute Gasteiger partial charge is 0.0466 e. The van der Waals surface area contributed by atoms with Gasteiger partial charge in [0.1, 0.15) is 0 Å². The SMILES string of the molecule is [CH]CCCOCCCC. The van der Waals surface area contributed by atoms with Crippen LogP contribution in [0.3, 0.4) is 0 Å². The summed E-state index contributed by atoms with van der Waals surface area (Å²) in [6.07, 6.45) is 4.11. The Labute approximate surface area is 58.4 Å². The van der Waals surface area contributed by atoms with E-state index in [9.17, 15) is 0 Å². The first-order valence-corrected chi connectivity index (χ1v) is 3.69. The van der Waals surface area contributed by atoms with Crippen molar-refractivity contribution in [2.24, 2.45) is 0 Å². The number of hydrogen-bond acceptors (Lipinski definition) is 1. The number of hydrogen-bond donors (Lipinski definition) is 0. The summed E-state index contributed by atoms with van der Waals surface area (Å²) < 4.78 is 5.23. The summed E-state index contributed by atoms with van der Waals surface area (Å²) in [7, 11) is 0. The molecule has 0 aromatic rings. The molecule has 0 rings (SSSR count). The molecule has 0 heterocycles. The molecule has 0 amide bonds. The Kier molecular flexibility index (Phi) is 7.92. The summed E-state index contributed by atoms with van der Waals surface area (Å²) >= 11 is 0. The van der Waals surface area contributed by atoms with Gasteiger partial charge in [-0.25, -0.2) is 0 Å². The average molecular weight is 128 g/mol. The molecule has 0 aliphatic rings. The van der Waals surface area contributed by atoms with Crippen LogP contribution in [0.5, 0.6) is 0 Å². The first-order valence-electron chi connectivity index (χ1n) is 3.69. The fraction of sp³-hybridized carbons (Fsp3) is 0.875. The van der Waals surface area contributed by atoms with Crippen LogP contribution >= 0.6 is 0 Å². The van der Waals surface area contributed by atoms with E-state index in [1.165, 1.54) is 12.8 Å². The summed E-state index contributed by atoms with van der Waals surface area (Å²) in [5.41, 5.74) is 0. The van der Waals surface area contributed by atoms with Crippen LogP contribution in [0.2, 0.25) is 0 Å². The molecule has 0 aromatic heterocycles. The van der Waals surface area contributed by atoms with Crippen molar-refractivity contribution >= 4 is 0 Å². The Morgan fingerprint density at radius 3 is 2.44 bits per heavy atom. The number of rotatable bonds is 6. The summed E-state index contributed by atoms with van der Waals surface area (Å²) in [6, 6.07) is 0. The first-order chi connectivity index (χ1) is 4.41. The highest BCUT2D eigenvalue weighted by Gasteiger charge is 1.84. The Balaban J connectivity index is 2.60. The van der Waals surface area contributed by atoms with Gasteiger partial charge in [-0.15, -0.1) is 0 Å². The zero-order chi connectivity index (χ0) is 6.95. The van der Waals surface area contributed by atoms with Crippen LogP contribution in [0, 0.1) is 6.92 Å². The maximum atomic E-state index is 5.26. The van der Waals surface area contributed by atoms with E-state index in [2.05, 4.69) is 6.92 Å². The molecule has 0 aliphatic heterocycles. The van der Waals surface area contributed by atoms with Gasteiger partial charge >= 0.3 is 0 Å². The maximum absolute atomic E-state index is 5.26. The van der Waals surface area contributed by atoms with Gasteiger partial charge in [-0.05, 0) is 26.2 Å². The van der Waals surface area contributed by atoms with Crippen molar-refractivity contribution in [3.05, 3.63) is 6.92 Å².